The first-order valence-corrected chi connectivity index (χ1v) is 41.5. The van der Waals surface area contributed by atoms with Crippen LogP contribution in [0.25, 0.3) is 10.9 Å². The molecule has 4 aliphatic rings. The number of benzene rings is 7. The number of aromatic nitrogens is 3. The topological polar surface area (TPSA) is 564 Å². The Balaban J connectivity index is 0.811. The monoisotopic (exact) mass is 1750 g/mol. The van der Waals surface area contributed by atoms with Crippen LogP contribution in [-0.2, 0) is 88.8 Å². The molecule has 6 heterocycles. The van der Waals surface area contributed by atoms with Gasteiger partial charge in [-0.05, 0) is 141 Å². The van der Waals surface area contributed by atoms with Gasteiger partial charge in [-0.25, -0.2) is 9.78 Å². The van der Waals surface area contributed by atoms with E-state index in [1.54, 1.807) is 121 Å². The van der Waals surface area contributed by atoms with E-state index < -0.39 is 187 Å². The van der Waals surface area contributed by atoms with Crippen molar-refractivity contribution in [2.45, 2.75) is 150 Å². The van der Waals surface area contributed by atoms with Crippen LogP contribution in [0.1, 0.15) is 151 Å². The minimum absolute atomic E-state index is 0.0169. The van der Waals surface area contributed by atoms with Gasteiger partial charge in [-0.2, -0.15) is 0 Å². The van der Waals surface area contributed by atoms with Gasteiger partial charge in [-0.3, -0.25) is 67.1 Å². The lowest BCUT2D eigenvalue weighted by Gasteiger charge is -2.36. The number of hydrogen-bond donors (Lipinski definition) is 18. The first-order chi connectivity index (χ1) is 61.0. The third-order valence-corrected chi connectivity index (χ3v) is 22.6. The number of phenolic OH excluding ortho intramolecular Hbond substituents is 2. The summed E-state index contributed by atoms with van der Waals surface area (Å²) in [5.41, 5.74) is 13.3. The number of carboxylic acid groups (broad SMARTS) is 1. The number of aliphatic carboxylic acids is 1. The zero-order valence-electron chi connectivity index (χ0n) is 68.3. The number of nitrogens with one attached hydrogen (secondary N) is 13. The van der Waals surface area contributed by atoms with Gasteiger partial charge in [0.15, 0.2) is 22.3 Å². The Hall–Kier alpha value is -15.2. The smallest absolute Gasteiger partial charge is 0.340 e. The molecule has 36 nitrogen and oxygen atoms in total. The molecule has 0 fully saturated rings. The molecule has 7 aromatic carbocycles. The zero-order chi connectivity index (χ0) is 90.2. The molecule has 4 bridgehead atoms. The molecule has 127 heavy (non-hydrogen) atoms. The Bertz CT molecular complexity index is 5720. The number of carbonyl (C=O) groups is 15. The van der Waals surface area contributed by atoms with Crippen LogP contribution in [0.15, 0.2) is 176 Å². The number of primary amides is 2. The third kappa shape index (κ3) is 22.3. The number of thiocarbonyl (C=S) groups is 1. The van der Waals surface area contributed by atoms with E-state index in [2.05, 4.69) is 73.4 Å². The Labute approximate surface area is 730 Å². The molecule has 2 aromatic heterocycles. The van der Waals surface area contributed by atoms with E-state index >= 15 is 38.4 Å². The Morgan fingerprint density at radius 1 is 0.583 bits per heavy atom. The van der Waals surface area contributed by atoms with E-state index in [1.165, 1.54) is 36.8 Å². The number of carboxylic acids is 1. The van der Waals surface area contributed by atoms with Gasteiger partial charge >= 0.3 is 11.9 Å². The van der Waals surface area contributed by atoms with Crippen LogP contribution in [0.2, 0.25) is 0 Å². The molecule has 658 valence electrons. The number of aromatic hydroxyl groups is 2. The average Bonchev–Trinajstić information content (AvgIpc) is 1.57. The van der Waals surface area contributed by atoms with Gasteiger partial charge in [0.25, 0.3) is 11.8 Å². The van der Waals surface area contributed by atoms with Crippen LogP contribution in [0.5, 0.6) is 23.0 Å². The molecular weight excluding hydrogens is 1660 g/mol. The number of nitrogens with zero attached hydrogens (tertiary/aromatic N) is 1. The van der Waals surface area contributed by atoms with Crippen LogP contribution >= 0.6 is 12.2 Å². The van der Waals surface area contributed by atoms with Crippen molar-refractivity contribution in [3.05, 3.63) is 238 Å². The normalized spacial score (nSPS) is 20.4. The maximum Gasteiger partial charge on any atom is 0.340 e. The molecule has 9 aromatic rings. The summed E-state index contributed by atoms with van der Waals surface area (Å²) >= 11 is 5.66. The molecule has 9 atom stereocenters. The van der Waals surface area contributed by atoms with Crippen LogP contribution in [0.3, 0.4) is 0 Å². The fourth-order valence-corrected chi connectivity index (χ4v) is 16.1. The molecule has 2 unspecified atom stereocenters. The SMILES string of the molecule is NC(=O)C[C@H]1NC(=O)[C@@H](Cc2ccccc2)NC(=O)[C@@H]2CCCCNC(=O)c3cc(cc(c3)C(=O)N[C@@H](Cc3c[nH]c4ccccc34)C(=O)N[C@H](Cc3ccccc3)C(=O)C[C@@H](CC(=O)O)C(=O)N2)C(=O)CCC(C(=O)NC(CCCCNC(=S)Nc2ccc3c(c2)C(=O)OC32c3ccc(O)cc3Oc3cc(O)ccc32)C(N)=O)NC(=O)[C@H](Cc2c[nH]cn2)NC1=O. The number of ketones is 2. The Morgan fingerprint density at radius 3 is 1.86 bits per heavy atom. The number of nitrogens with two attached hydrogens (primary N) is 2. The summed E-state index contributed by atoms with van der Waals surface area (Å²) in [6.07, 6.45) is -1.15. The predicted molar refractivity (Wildman–Crippen MR) is 460 cm³/mol. The second-order valence-corrected chi connectivity index (χ2v) is 31.8. The van der Waals surface area contributed by atoms with Crippen LogP contribution in [0, 0.1) is 5.92 Å². The summed E-state index contributed by atoms with van der Waals surface area (Å²) in [6, 6.07) is 27.1. The van der Waals surface area contributed by atoms with Crippen molar-refractivity contribution in [1.29, 1.82) is 0 Å². The van der Waals surface area contributed by atoms with Crippen LogP contribution in [-0.4, -0.2) is 185 Å². The van der Waals surface area contributed by atoms with Crippen LogP contribution in [0.4, 0.5) is 5.69 Å². The molecular formula is C90H92N16O20S. The maximum absolute atomic E-state index is 15.3. The summed E-state index contributed by atoms with van der Waals surface area (Å²) in [7, 11) is 0. The van der Waals surface area contributed by atoms with E-state index in [1.807, 2.05) is 0 Å². The molecule has 0 saturated carbocycles. The van der Waals surface area contributed by atoms with E-state index in [9.17, 15) is 48.9 Å². The molecule has 1 spiro atoms. The number of rotatable bonds is 21. The van der Waals surface area contributed by atoms with Crippen molar-refractivity contribution in [2.24, 2.45) is 17.4 Å². The quantitative estimate of drug-likeness (QED) is 0.0276. The van der Waals surface area contributed by atoms with Gasteiger partial charge in [0.05, 0.1) is 42.4 Å². The largest absolute Gasteiger partial charge is 0.508 e. The highest BCUT2D eigenvalue weighted by atomic mass is 32.1. The number of carbonyl (C=O) groups excluding carboxylic acids is 14. The number of fused-ring (bicyclic) bond motifs is 15. The van der Waals surface area contributed by atoms with Gasteiger partial charge in [-0.1, -0.05) is 84.9 Å². The van der Waals surface area contributed by atoms with Crippen LogP contribution < -0.4 is 74.7 Å². The highest BCUT2D eigenvalue weighted by Crippen LogP contribution is 2.57. The molecule has 4 aliphatic heterocycles. The first-order valence-electron chi connectivity index (χ1n) is 41.1. The lowest BCUT2D eigenvalue weighted by molar-refractivity contribution is -0.143. The number of phenols is 2. The van der Waals surface area contributed by atoms with E-state index in [0.29, 0.717) is 50.0 Å². The van der Waals surface area contributed by atoms with Gasteiger partial charge < -0.3 is 105 Å². The standard InChI is InChI=1S/C90H92N16O20S/c91-76(111)43-71-87(123)105-70(40-55-45-93-46-97-55)86(122)101-66(83(119)99-64(78(92)114)19-9-12-30-95-89(127)98-54-21-24-60-59(39-54)88(124)126-90(60)61-25-22-56(107)41-74(61)125-75-42-57(108)23-26-62(75)90)27-28-72(109)49-33-50-35-51(34-49)80(116)103-69(36-53-44-96-63-18-8-7-17-58(53)63)85(121)102-67(31-47-13-3-1-4-14-47)73(110)37-52(38-77(112)113)81(117)100-65(20-10-11-29-94-79(50)115)82(118)104-68(84(120)106-71)32-48-15-5-2-6-16-48/h1-8,13-18,21-26,33-35,39,41-42,44-46,52,64-71,96,107-108H,9-12,19-20,27-32,36-38,40,43H2,(H2,91,111)(H2,92,114)(H,93,97)(H,94,115)(H,99,119)(H,100,117)(H,101,122)(H,102,121)(H,103,116)(H,104,118)(H,105,123)(H,106,120)(H,112,113)(H2,95,98,127)/t52-,64?,65-,66?,67+,68+,69-,70-,71+/m0/s1. The minimum Gasteiger partial charge on any atom is -0.508 e. The van der Waals surface area contributed by atoms with Crippen molar-refractivity contribution in [3.8, 4) is 23.0 Å². The fourth-order valence-electron chi connectivity index (χ4n) is 15.8. The van der Waals surface area contributed by atoms with E-state index in [-0.39, 0.29) is 127 Å². The second-order valence-electron chi connectivity index (χ2n) is 31.4. The van der Waals surface area contributed by atoms with E-state index in [4.69, 9.17) is 33.2 Å². The van der Waals surface area contributed by atoms with Gasteiger partial charge in [0, 0.05) is 120 Å². The summed E-state index contributed by atoms with van der Waals surface area (Å²) in [4.78, 5) is 229. The van der Waals surface area contributed by atoms with Crippen molar-refractivity contribution in [1.82, 2.24) is 68.1 Å². The van der Waals surface area contributed by atoms with Crippen molar-refractivity contribution in [3.63, 3.8) is 0 Å². The highest BCUT2D eigenvalue weighted by molar-refractivity contribution is 7.80. The predicted octanol–water partition coefficient (Wildman–Crippen LogP) is 3.79. The molecule has 11 amide bonds. The van der Waals surface area contributed by atoms with Crippen molar-refractivity contribution >= 4 is 122 Å². The number of para-hydroxylation sites is 1. The highest BCUT2D eigenvalue weighted by Gasteiger charge is 2.54. The van der Waals surface area contributed by atoms with Gasteiger partial charge in [0.1, 0.15) is 65.3 Å². The fraction of sp³-hybridized carbons (Fsp3) is 0.300. The van der Waals surface area contributed by atoms with Crippen molar-refractivity contribution in [2.75, 3.05) is 18.4 Å². The number of unbranched alkanes of at least 4 members (excludes halogenated alkanes) is 1. The number of esters is 1. The Kier molecular flexibility index (Phi) is 28.5. The lowest BCUT2D eigenvalue weighted by atomic mass is 9.77. The first kappa shape index (κ1) is 89.6. The zero-order valence-corrected chi connectivity index (χ0v) is 69.1. The van der Waals surface area contributed by atoms with Crippen molar-refractivity contribution < 1.29 is 96.7 Å². The number of Topliss-reactive ketones (excluding diaryl/α,β-unsaturated/α-hetero) is 2. The molecule has 37 heteroatoms. The number of hydrogen-bond acceptors (Lipinski definition) is 21. The number of amides is 11. The van der Waals surface area contributed by atoms with Gasteiger partial charge in [0.2, 0.25) is 53.2 Å². The second kappa shape index (κ2) is 40.4. The molecule has 13 rings (SSSR count). The Morgan fingerprint density at radius 2 is 1.19 bits per heavy atom. The third-order valence-electron chi connectivity index (χ3n) is 22.3. The number of imidazole rings is 1. The molecule has 20 N–H and O–H groups in total. The maximum atomic E-state index is 15.3. The van der Waals surface area contributed by atoms with E-state index in [0.717, 1.165) is 18.2 Å². The lowest BCUT2D eigenvalue weighted by Crippen LogP contribution is -2.60. The number of H-pyrrole nitrogens is 2. The van der Waals surface area contributed by atoms with Gasteiger partial charge in [-0.15, -0.1) is 0 Å². The summed E-state index contributed by atoms with van der Waals surface area (Å²) in [6.45, 7) is -0.0198. The number of ether oxygens (including phenoxy) is 2. The summed E-state index contributed by atoms with van der Waals surface area (Å²) < 4.78 is 12.3. The molecule has 0 saturated heterocycles. The number of aromatic amines is 2. The number of anilines is 1. The molecule has 0 aliphatic carbocycles. The average molecular weight is 1750 g/mol. The molecule has 0 radical (unpaired) electrons. The summed E-state index contributed by atoms with van der Waals surface area (Å²) in [5.74, 6) is -17.3. The summed E-state index contributed by atoms with van der Waals surface area (Å²) in [5, 5.41) is 61.7. The minimum atomic E-state index is -1.95.